The number of halogens is 7. The van der Waals surface area contributed by atoms with Gasteiger partial charge in [-0.1, -0.05) is 23.7 Å². The number of aromatic nitrogens is 1. The fraction of sp³-hybridized carbons (Fsp3) is 0.481. The number of carbonyl (C=O) groups excluding carboxylic acids is 1. The summed E-state index contributed by atoms with van der Waals surface area (Å²) in [5.74, 6) is 0.463. The van der Waals surface area contributed by atoms with E-state index in [1.54, 1.807) is 17.0 Å². The van der Waals surface area contributed by atoms with Crippen LogP contribution in [0.4, 0.5) is 32.2 Å². The Morgan fingerprint density at radius 1 is 1.00 bits per heavy atom. The molecule has 210 valence electrons. The summed E-state index contributed by atoms with van der Waals surface area (Å²) >= 11 is 5.73. The summed E-state index contributed by atoms with van der Waals surface area (Å²) < 4.78 is 78.6. The third kappa shape index (κ3) is 6.04. The number of amides is 1. The van der Waals surface area contributed by atoms with Crippen LogP contribution in [0.1, 0.15) is 42.4 Å². The lowest BCUT2D eigenvalue weighted by atomic mass is 9.91. The van der Waals surface area contributed by atoms with Crippen molar-refractivity contribution in [2.75, 3.05) is 37.6 Å². The van der Waals surface area contributed by atoms with Crippen molar-refractivity contribution in [3.63, 3.8) is 0 Å². The number of likely N-dealkylation sites (tertiary alicyclic amines) is 1. The van der Waals surface area contributed by atoms with E-state index in [1.807, 2.05) is 0 Å². The zero-order chi connectivity index (χ0) is 27.9. The van der Waals surface area contributed by atoms with E-state index in [2.05, 4.69) is 14.8 Å². The lowest BCUT2D eigenvalue weighted by Gasteiger charge is -2.51. The van der Waals surface area contributed by atoms with Gasteiger partial charge in [0.05, 0.1) is 22.7 Å². The first-order valence-corrected chi connectivity index (χ1v) is 13.2. The predicted molar refractivity (Wildman–Crippen MR) is 135 cm³/mol. The maximum Gasteiger partial charge on any atom is 0.417 e. The van der Waals surface area contributed by atoms with E-state index in [-0.39, 0.29) is 29.6 Å². The van der Waals surface area contributed by atoms with Crippen LogP contribution in [0.3, 0.4) is 0 Å². The number of piperidine rings is 1. The number of alkyl halides is 6. The number of piperazine rings is 1. The molecule has 2 unspecified atom stereocenters. The molecule has 2 atom stereocenters. The Balaban J connectivity index is 1.20. The molecule has 5 rings (SSSR count). The molecule has 5 nitrogen and oxygen atoms in total. The molecule has 2 fully saturated rings. The van der Waals surface area contributed by atoms with E-state index < -0.39 is 23.5 Å². The number of fused-ring (bicyclic) bond motifs is 2. The first-order chi connectivity index (χ1) is 18.4. The van der Waals surface area contributed by atoms with Gasteiger partial charge in [0.2, 0.25) is 5.91 Å². The highest BCUT2D eigenvalue weighted by atomic mass is 35.5. The van der Waals surface area contributed by atoms with Gasteiger partial charge in [-0.3, -0.25) is 9.69 Å². The highest BCUT2D eigenvalue weighted by molar-refractivity contribution is 6.31. The molecule has 3 aliphatic heterocycles. The number of rotatable bonds is 4. The minimum absolute atomic E-state index is 0.0510. The van der Waals surface area contributed by atoms with E-state index in [4.69, 9.17) is 11.6 Å². The van der Waals surface area contributed by atoms with Gasteiger partial charge >= 0.3 is 12.4 Å². The average molecular weight is 573 g/mol. The van der Waals surface area contributed by atoms with Crippen LogP contribution in [-0.4, -0.2) is 65.5 Å². The van der Waals surface area contributed by atoms with E-state index in [0.29, 0.717) is 44.0 Å². The molecule has 4 heterocycles. The third-order valence-corrected chi connectivity index (χ3v) is 8.03. The van der Waals surface area contributed by atoms with Crippen molar-refractivity contribution in [1.82, 2.24) is 14.8 Å². The van der Waals surface area contributed by atoms with E-state index in [9.17, 15) is 31.1 Å². The standard InChI is InChI=1S/C27H27ClF6N4O/c28-23-6-4-18(12-22(23)27(32,33)34)17-8-10-37(11-9-17)25(39)16-36-14-20-2-1-3-21(15-36)38(20)24-7-5-19(13-35-24)26(29,30)31/h4-8,12-13,20-21H,1-3,9-11,14-16H2. The second kappa shape index (κ2) is 10.6. The Hall–Kier alpha value is -2.79. The monoisotopic (exact) mass is 572 g/mol. The number of anilines is 1. The quantitative estimate of drug-likeness (QED) is 0.413. The molecule has 12 heteroatoms. The van der Waals surface area contributed by atoms with Crippen LogP contribution >= 0.6 is 11.6 Å². The number of pyridine rings is 1. The zero-order valence-electron chi connectivity index (χ0n) is 20.9. The van der Waals surface area contributed by atoms with Crippen LogP contribution in [-0.2, 0) is 17.1 Å². The van der Waals surface area contributed by atoms with E-state index in [1.165, 1.54) is 12.1 Å². The number of benzene rings is 1. The number of hydrogen-bond donors (Lipinski definition) is 0. The minimum atomic E-state index is -4.55. The van der Waals surface area contributed by atoms with Gasteiger partial charge in [-0.25, -0.2) is 4.98 Å². The highest BCUT2D eigenvalue weighted by Crippen LogP contribution is 2.38. The van der Waals surface area contributed by atoms with Gasteiger partial charge in [0.15, 0.2) is 0 Å². The van der Waals surface area contributed by atoms with Crippen molar-refractivity contribution in [3.05, 3.63) is 64.3 Å². The van der Waals surface area contributed by atoms with Gasteiger partial charge in [-0.2, -0.15) is 26.3 Å². The lowest BCUT2D eigenvalue weighted by Crippen LogP contribution is -2.62. The van der Waals surface area contributed by atoms with Gasteiger partial charge in [-0.15, -0.1) is 0 Å². The third-order valence-electron chi connectivity index (χ3n) is 7.70. The molecule has 2 saturated heterocycles. The second-order valence-electron chi connectivity index (χ2n) is 10.3. The largest absolute Gasteiger partial charge is 0.417 e. The Labute approximate surface area is 227 Å². The van der Waals surface area contributed by atoms with E-state index in [0.717, 1.165) is 43.2 Å². The van der Waals surface area contributed by atoms with Gasteiger partial charge < -0.3 is 9.80 Å². The molecule has 3 aliphatic rings. The molecule has 1 amide bonds. The van der Waals surface area contributed by atoms with Crippen LogP contribution in [0.25, 0.3) is 5.57 Å². The molecule has 0 saturated carbocycles. The Morgan fingerprint density at radius 3 is 2.28 bits per heavy atom. The van der Waals surface area contributed by atoms with Crippen LogP contribution in [0.5, 0.6) is 0 Å². The topological polar surface area (TPSA) is 39.7 Å². The van der Waals surface area contributed by atoms with Crippen molar-refractivity contribution in [2.24, 2.45) is 0 Å². The Bertz CT molecular complexity index is 1230. The minimum Gasteiger partial charge on any atom is -0.348 e. The first-order valence-electron chi connectivity index (χ1n) is 12.8. The van der Waals surface area contributed by atoms with Crippen molar-refractivity contribution >= 4 is 28.9 Å². The molecular weight excluding hydrogens is 546 g/mol. The number of carbonyl (C=O) groups is 1. The summed E-state index contributed by atoms with van der Waals surface area (Å²) in [6.07, 6.45) is -3.17. The second-order valence-corrected chi connectivity index (χ2v) is 10.7. The molecule has 0 spiro atoms. The molecule has 0 aliphatic carbocycles. The van der Waals surface area contributed by atoms with Gasteiger partial charge in [0, 0.05) is 44.5 Å². The van der Waals surface area contributed by atoms with Crippen LogP contribution in [0.15, 0.2) is 42.6 Å². The Kier molecular flexibility index (Phi) is 7.58. The molecular formula is C27H27ClF6N4O. The molecule has 1 aromatic carbocycles. The SMILES string of the molecule is O=C(CN1CC2CCCC(C1)N2c1ccc(C(F)(F)F)cn1)N1CC=C(c2ccc(Cl)c(C(F)(F)F)c2)CC1. The maximum absolute atomic E-state index is 13.2. The fourth-order valence-corrected chi connectivity index (χ4v) is 6.02. The fourth-order valence-electron chi connectivity index (χ4n) is 5.80. The van der Waals surface area contributed by atoms with Crippen molar-refractivity contribution in [1.29, 1.82) is 0 Å². The van der Waals surface area contributed by atoms with E-state index >= 15 is 0 Å². The smallest absolute Gasteiger partial charge is 0.348 e. The van der Waals surface area contributed by atoms with Crippen molar-refractivity contribution < 1.29 is 31.1 Å². The van der Waals surface area contributed by atoms with Crippen molar-refractivity contribution in [3.8, 4) is 0 Å². The molecule has 0 N–H and O–H groups in total. The van der Waals surface area contributed by atoms with Crippen LogP contribution in [0, 0.1) is 0 Å². The molecule has 2 bridgehead atoms. The summed E-state index contributed by atoms with van der Waals surface area (Å²) in [6.45, 7) is 2.12. The van der Waals surface area contributed by atoms with Gasteiger partial charge in [0.1, 0.15) is 5.82 Å². The highest BCUT2D eigenvalue weighted by Gasteiger charge is 2.40. The summed E-state index contributed by atoms with van der Waals surface area (Å²) in [7, 11) is 0. The van der Waals surface area contributed by atoms with Crippen LogP contribution < -0.4 is 4.90 Å². The Morgan fingerprint density at radius 2 is 1.72 bits per heavy atom. The molecule has 1 aromatic heterocycles. The zero-order valence-corrected chi connectivity index (χ0v) is 21.7. The van der Waals surface area contributed by atoms with Crippen LogP contribution in [0.2, 0.25) is 5.02 Å². The van der Waals surface area contributed by atoms with Gasteiger partial charge in [-0.05, 0) is 61.1 Å². The summed E-state index contributed by atoms with van der Waals surface area (Å²) in [6, 6.07) is 6.44. The van der Waals surface area contributed by atoms with Crippen molar-refractivity contribution in [2.45, 2.75) is 50.1 Å². The summed E-state index contributed by atoms with van der Waals surface area (Å²) in [5, 5.41) is -0.349. The maximum atomic E-state index is 13.2. The predicted octanol–water partition coefficient (Wildman–Crippen LogP) is 6.13. The average Bonchev–Trinajstić information content (AvgIpc) is 2.87. The van der Waals surface area contributed by atoms with Gasteiger partial charge in [0.25, 0.3) is 0 Å². The first kappa shape index (κ1) is 27.8. The molecule has 2 aromatic rings. The summed E-state index contributed by atoms with van der Waals surface area (Å²) in [5.41, 5.74) is -0.471. The normalized spacial score (nSPS) is 22.6. The number of hydrogen-bond acceptors (Lipinski definition) is 4. The molecule has 39 heavy (non-hydrogen) atoms. The lowest BCUT2D eigenvalue weighted by molar-refractivity contribution is -0.138. The summed E-state index contributed by atoms with van der Waals surface area (Å²) in [4.78, 5) is 23.1. The number of nitrogens with zero attached hydrogens (tertiary/aromatic N) is 4. The molecule has 0 radical (unpaired) electrons.